The molecular formula is C26H26AsOP. The molecule has 0 spiro atoms. The van der Waals surface area contributed by atoms with Crippen LogP contribution in [0.25, 0.3) is 0 Å². The van der Waals surface area contributed by atoms with Crippen molar-refractivity contribution in [1.82, 2.24) is 0 Å². The Labute approximate surface area is 178 Å². The van der Waals surface area contributed by atoms with Crippen molar-refractivity contribution in [1.29, 1.82) is 0 Å². The molecule has 3 aromatic rings. The van der Waals surface area contributed by atoms with E-state index in [1.54, 1.807) is 9.92 Å². The number of allylic oxidation sites excluding steroid dienone is 2. The fourth-order valence-electron chi connectivity index (χ4n) is 5.35. The molecule has 4 atom stereocenters. The summed E-state index contributed by atoms with van der Waals surface area (Å²) in [4.78, 5) is 0. The van der Waals surface area contributed by atoms with E-state index in [-0.39, 0.29) is 5.66 Å². The molecule has 146 valence electrons. The van der Waals surface area contributed by atoms with Crippen LogP contribution in [-0.2, 0) is 4.57 Å². The summed E-state index contributed by atoms with van der Waals surface area (Å²) in [6.07, 6.45) is 1.07. The third-order valence-electron chi connectivity index (χ3n) is 6.83. The van der Waals surface area contributed by atoms with Gasteiger partial charge in [-0.1, -0.05) is 0 Å². The summed E-state index contributed by atoms with van der Waals surface area (Å²) in [6.45, 7) is 4.65. The molecule has 0 radical (unpaired) electrons. The van der Waals surface area contributed by atoms with Gasteiger partial charge in [-0.05, 0) is 0 Å². The van der Waals surface area contributed by atoms with Crippen molar-refractivity contribution < 1.29 is 4.57 Å². The van der Waals surface area contributed by atoms with Gasteiger partial charge in [-0.25, -0.2) is 0 Å². The van der Waals surface area contributed by atoms with E-state index in [1.165, 1.54) is 5.57 Å². The summed E-state index contributed by atoms with van der Waals surface area (Å²) in [5.74, 6) is 0. The Kier molecular flexibility index (Phi) is 4.93. The third kappa shape index (κ3) is 2.94. The SMILES string of the molecule is CC1=C(C)C2C(P(=O)(c3ccccc3)c3ccccc3)CC1[As]2c1ccccc1. The van der Waals surface area contributed by atoms with E-state index >= 15 is 4.57 Å². The fourth-order valence-corrected chi connectivity index (χ4v) is 19.0. The summed E-state index contributed by atoms with van der Waals surface area (Å²) in [5.41, 5.74) is 3.34. The van der Waals surface area contributed by atoms with Crippen LogP contribution in [0.3, 0.4) is 0 Å². The number of hydrogen-bond donors (Lipinski definition) is 0. The quantitative estimate of drug-likeness (QED) is 0.295. The summed E-state index contributed by atoms with van der Waals surface area (Å²) in [6, 6.07) is 31.7. The van der Waals surface area contributed by atoms with Gasteiger partial charge in [0.2, 0.25) is 0 Å². The number of fused-ring (bicyclic) bond motifs is 2. The van der Waals surface area contributed by atoms with E-state index in [0.717, 1.165) is 17.0 Å². The molecule has 4 unspecified atom stereocenters. The number of rotatable bonds is 4. The van der Waals surface area contributed by atoms with Crippen LogP contribution in [0.15, 0.2) is 102 Å². The first-order chi connectivity index (χ1) is 14.1. The maximum absolute atomic E-state index is 15.0. The normalized spacial score (nSPS) is 26.1. The molecule has 0 aliphatic carbocycles. The van der Waals surface area contributed by atoms with Gasteiger partial charge in [0.15, 0.2) is 0 Å². The minimum absolute atomic E-state index is 0.223. The van der Waals surface area contributed by atoms with Gasteiger partial charge in [0, 0.05) is 0 Å². The summed E-state index contributed by atoms with van der Waals surface area (Å²) in [7, 11) is -2.73. The standard InChI is InChI=1S/C26H26AsOP/c1-19-20(2)26-25(18-24(19)27(26)21-12-6-3-7-13-21)29(28,22-14-8-4-9-15-22)23-16-10-5-11-17-23/h3-17,24-26H,18H2,1-2H3. The van der Waals surface area contributed by atoms with Gasteiger partial charge >= 0.3 is 179 Å². The van der Waals surface area contributed by atoms with Crippen molar-refractivity contribution >= 4 is 36.8 Å². The van der Waals surface area contributed by atoms with E-state index in [4.69, 9.17) is 0 Å². The fraction of sp³-hybridized carbons (Fsp3) is 0.231. The minimum atomic E-state index is -2.73. The Bertz CT molecular complexity index is 1050. The molecule has 5 rings (SSSR count). The summed E-state index contributed by atoms with van der Waals surface area (Å²) in [5, 5.41) is 2.05. The predicted molar refractivity (Wildman–Crippen MR) is 126 cm³/mol. The Morgan fingerprint density at radius 2 is 1.21 bits per heavy atom. The van der Waals surface area contributed by atoms with Crippen molar-refractivity contribution in [2.75, 3.05) is 0 Å². The van der Waals surface area contributed by atoms with Gasteiger partial charge in [0.05, 0.1) is 0 Å². The molecular weight excluding hydrogens is 434 g/mol. The molecule has 29 heavy (non-hydrogen) atoms. The Balaban J connectivity index is 1.68. The van der Waals surface area contributed by atoms with E-state index in [9.17, 15) is 0 Å². The van der Waals surface area contributed by atoms with E-state index < -0.39 is 21.8 Å². The Morgan fingerprint density at radius 3 is 1.72 bits per heavy atom. The van der Waals surface area contributed by atoms with E-state index in [2.05, 4.69) is 68.4 Å². The van der Waals surface area contributed by atoms with E-state index in [1.807, 2.05) is 36.4 Å². The molecule has 1 saturated heterocycles. The summed E-state index contributed by atoms with van der Waals surface area (Å²) < 4.78 is 17.7. The second-order valence-electron chi connectivity index (χ2n) is 8.20. The molecule has 0 saturated carbocycles. The van der Waals surface area contributed by atoms with Gasteiger partial charge < -0.3 is 0 Å². The molecule has 3 aromatic carbocycles. The zero-order valence-corrected chi connectivity index (χ0v) is 19.7. The second kappa shape index (κ2) is 7.46. The van der Waals surface area contributed by atoms with Crippen LogP contribution in [0.4, 0.5) is 0 Å². The first kappa shape index (κ1) is 19.2. The number of hydrogen-bond acceptors (Lipinski definition) is 1. The van der Waals surface area contributed by atoms with E-state index in [0.29, 0.717) is 9.41 Å². The first-order valence-electron chi connectivity index (χ1n) is 10.3. The molecule has 1 fully saturated rings. The average Bonchev–Trinajstić information content (AvgIpc) is 3.29. The molecule has 0 aromatic heterocycles. The molecule has 0 amide bonds. The zero-order chi connectivity index (χ0) is 20.0. The van der Waals surface area contributed by atoms with Crippen LogP contribution < -0.4 is 15.0 Å². The Hall–Kier alpha value is -1.81. The van der Waals surface area contributed by atoms with Crippen LogP contribution in [-0.4, -0.2) is 20.3 Å². The van der Waals surface area contributed by atoms with Crippen molar-refractivity contribution in [3.63, 3.8) is 0 Å². The average molecular weight is 460 g/mol. The van der Waals surface area contributed by atoms with Crippen LogP contribution in [0, 0.1) is 0 Å². The molecule has 2 aliphatic rings. The van der Waals surface area contributed by atoms with Crippen LogP contribution in [0.5, 0.6) is 0 Å². The second-order valence-corrected chi connectivity index (χ2v) is 16.5. The molecule has 3 heteroatoms. The summed E-state index contributed by atoms with van der Waals surface area (Å²) >= 11 is -1.37. The number of benzene rings is 3. The predicted octanol–water partition coefficient (Wildman–Crippen LogP) is 5.27. The van der Waals surface area contributed by atoms with Crippen molar-refractivity contribution in [2.24, 2.45) is 0 Å². The van der Waals surface area contributed by atoms with Crippen molar-refractivity contribution in [3.8, 4) is 0 Å². The first-order valence-corrected chi connectivity index (χ1v) is 15.2. The van der Waals surface area contributed by atoms with Gasteiger partial charge in [0.25, 0.3) is 0 Å². The molecule has 2 bridgehead atoms. The maximum atomic E-state index is 15.0. The van der Waals surface area contributed by atoms with Crippen molar-refractivity contribution in [3.05, 3.63) is 102 Å². The molecule has 1 nitrogen and oxygen atoms in total. The molecule has 2 aliphatic heterocycles. The monoisotopic (exact) mass is 460 g/mol. The van der Waals surface area contributed by atoms with Crippen molar-refractivity contribution in [2.45, 2.75) is 35.3 Å². The van der Waals surface area contributed by atoms with Crippen LogP contribution in [0.1, 0.15) is 20.3 Å². The van der Waals surface area contributed by atoms with Gasteiger partial charge in [-0.15, -0.1) is 0 Å². The van der Waals surface area contributed by atoms with Crippen LogP contribution >= 0.6 is 7.14 Å². The molecule has 0 N–H and O–H groups in total. The molecule has 2 heterocycles. The third-order valence-corrected chi connectivity index (χ3v) is 18.3. The zero-order valence-electron chi connectivity index (χ0n) is 16.9. The Morgan fingerprint density at radius 1 is 0.724 bits per heavy atom. The van der Waals surface area contributed by atoms with Gasteiger partial charge in [-0.2, -0.15) is 0 Å². The van der Waals surface area contributed by atoms with Gasteiger partial charge in [0.1, 0.15) is 0 Å². The van der Waals surface area contributed by atoms with Gasteiger partial charge in [-0.3, -0.25) is 0 Å². The topological polar surface area (TPSA) is 17.1 Å². The van der Waals surface area contributed by atoms with Crippen LogP contribution in [0.2, 0.25) is 9.41 Å².